The molecule has 0 aromatic heterocycles. The van der Waals surface area contributed by atoms with Crippen molar-refractivity contribution < 1.29 is 39.5 Å². The average molecular weight is 567 g/mol. The number of nitrogens with one attached hydrogen (secondary N) is 1. The molecule has 0 spiro atoms. The normalized spacial score (nSPS) is 14.6. The van der Waals surface area contributed by atoms with Crippen molar-refractivity contribution in [2.24, 2.45) is 5.73 Å². The Morgan fingerprint density at radius 3 is 2.81 bits per heavy atom. The number of allylic oxidation sites excluding steroid dienone is 6. The van der Waals surface area contributed by atoms with E-state index in [2.05, 4.69) is 16.2 Å². The minimum absolute atomic E-state index is 0.173. The van der Waals surface area contributed by atoms with Gasteiger partial charge in [0.1, 0.15) is 0 Å². The Morgan fingerprint density at radius 1 is 1.22 bits per heavy atom. The first-order valence-corrected chi connectivity index (χ1v) is 12.4. The Balaban J connectivity index is 1.90. The minimum atomic E-state index is -1.24. The molecule has 0 saturated carbocycles. The Hall–Kier alpha value is -2.50. The Bertz CT molecular complexity index is 1330. The van der Waals surface area contributed by atoms with Gasteiger partial charge in [-0.25, -0.2) is 0 Å². The summed E-state index contributed by atoms with van der Waals surface area (Å²) in [7, 11) is 0. The molecule has 3 N–H and O–H groups in total. The van der Waals surface area contributed by atoms with Crippen LogP contribution in [0.4, 0.5) is 8.78 Å². The zero-order chi connectivity index (χ0) is 22.8. The fourth-order valence-electron chi connectivity index (χ4n) is 3.29. The second-order valence-corrected chi connectivity index (χ2v) is 9.65. The van der Waals surface area contributed by atoms with Crippen LogP contribution < -0.4 is 36.2 Å². The molecule has 0 fully saturated rings. The van der Waals surface area contributed by atoms with Crippen LogP contribution in [-0.4, -0.2) is 17.7 Å². The Kier molecular flexibility index (Phi) is 6.77. The van der Waals surface area contributed by atoms with E-state index in [4.69, 9.17) is 10.2 Å². The molecule has 4 rings (SSSR count). The van der Waals surface area contributed by atoms with E-state index in [0.29, 0.717) is 32.1 Å². The number of thiol groups is 1. The molecule has 1 heterocycles. The number of hydrogen-bond acceptors (Lipinski definition) is 5. The Labute approximate surface area is 198 Å². The van der Waals surface area contributed by atoms with Crippen molar-refractivity contribution in [3.8, 4) is 11.3 Å². The van der Waals surface area contributed by atoms with Crippen molar-refractivity contribution in [3.63, 3.8) is 0 Å². The summed E-state index contributed by atoms with van der Waals surface area (Å²) in [4.78, 5) is 23.9. The number of amides is 1. The monoisotopic (exact) mass is 567 g/mol. The van der Waals surface area contributed by atoms with Gasteiger partial charge in [-0.15, -0.1) is 0 Å². The molecule has 9 heteroatoms. The van der Waals surface area contributed by atoms with E-state index in [1.54, 1.807) is 0 Å². The van der Waals surface area contributed by atoms with E-state index in [9.17, 15) is 14.0 Å². The third kappa shape index (κ3) is 4.50. The number of nitrogens with two attached hydrogens (primary N) is 1. The molecule has 2 aliphatic carbocycles. The topological polar surface area (TPSA) is 85.3 Å². The van der Waals surface area contributed by atoms with Gasteiger partial charge < -0.3 is 0 Å². The number of benzene rings is 2. The molecule has 1 aromatic carbocycles. The summed E-state index contributed by atoms with van der Waals surface area (Å²) in [5.41, 5.74) is 6.90. The van der Waals surface area contributed by atoms with E-state index in [1.165, 1.54) is 12.1 Å². The molecule has 0 radical (unpaired) electrons. The molecular weight excluding hydrogens is 549 g/mol. The number of halogens is 3. The summed E-state index contributed by atoms with van der Waals surface area (Å²) in [6.45, 7) is 0. The number of rotatable bonds is 5. The summed E-state index contributed by atoms with van der Waals surface area (Å²) in [5.74, 6) is -1.46. The van der Waals surface area contributed by atoms with Gasteiger partial charge in [0.2, 0.25) is 0 Å². The van der Waals surface area contributed by atoms with Crippen LogP contribution in [0.25, 0.3) is 27.9 Å². The fourth-order valence-corrected chi connectivity index (χ4v) is 5.26. The van der Waals surface area contributed by atoms with Gasteiger partial charge in [-0.2, -0.15) is 0 Å². The molecular formula is C23H18F2IN2O3S-. The Morgan fingerprint density at radius 2 is 2.03 bits per heavy atom. The summed E-state index contributed by atoms with van der Waals surface area (Å²) >= 11 is 2.75. The van der Waals surface area contributed by atoms with Crippen molar-refractivity contribution in [3.05, 3.63) is 85.6 Å². The van der Waals surface area contributed by atoms with Crippen LogP contribution in [0, 0.1) is 15.2 Å². The van der Waals surface area contributed by atoms with Gasteiger partial charge in [0.15, 0.2) is 0 Å². The summed E-state index contributed by atoms with van der Waals surface area (Å²) in [6, 6.07) is 4.28. The van der Waals surface area contributed by atoms with E-state index >= 15 is 4.39 Å². The maximum atomic E-state index is 15.0. The molecule has 1 amide bonds. The number of carbonyl (C=O) groups is 1. The van der Waals surface area contributed by atoms with Gasteiger partial charge in [-0.1, -0.05) is 0 Å². The van der Waals surface area contributed by atoms with Crippen LogP contribution in [0.5, 0.6) is 0 Å². The van der Waals surface area contributed by atoms with Gasteiger partial charge in [0, 0.05) is 0 Å². The quantitative estimate of drug-likeness (QED) is 0.183. The van der Waals surface area contributed by atoms with E-state index in [1.807, 2.05) is 30.4 Å². The molecule has 0 unspecified atom stereocenters. The summed E-state index contributed by atoms with van der Waals surface area (Å²) in [6.07, 6.45) is 10.1. The molecule has 5 nitrogen and oxygen atoms in total. The first kappa shape index (κ1) is 22.7. The summed E-state index contributed by atoms with van der Waals surface area (Å²) < 4.78 is 38.1. The van der Waals surface area contributed by atoms with Gasteiger partial charge in [0.05, 0.1) is 0 Å². The van der Waals surface area contributed by atoms with Gasteiger partial charge in [-0.05, 0) is 0 Å². The van der Waals surface area contributed by atoms with Crippen LogP contribution in [0.15, 0.2) is 63.9 Å². The van der Waals surface area contributed by atoms with Crippen LogP contribution in [0.3, 0.4) is 0 Å². The van der Waals surface area contributed by atoms with Crippen LogP contribution in [-0.2, 0) is 4.79 Å². The molecule has 0 bridgehead atoms. The first-order valence-electron chi connectivity index (χ1n) is 9.62. The molecule has 1 aliphatic heterocycles. The standard InChI is InChI=1S/C23H18F2IN2O3S/c24-15-7-13-20(9-17(15)26-28-23(30)18(27)11-32)31-21-10-19(29)16(25)8-14(21)22(13)12-5-3-1-2-4-6-12/h1-3,5-10,18,32H,4,11,27H2,(H,28,30)/q-1/t18-/m1/s1. The molecule has 1 atom stereocenters. The van der Waals surface area contributed by atoms with Crippen LogP contribution in [0.2, 0.25) is 0 Å². The van der Waals surface area contributed by atoms with Gasteiger partial charge in [-0.3, -0.25) is 0 Å². The maximum absolute atomic E-state index is 15.0. The molecule has 0 saturated heterocycles. The van der Waals surface area contributed by atoms with Crippen molar-refractivity contribution in [2.45, 2.75) is 12.5 Å². The second-order valence-electron chi connectivity index (χ2n) is 7.04. The van der Waals surface area contributed by atoms with Crippen LogP contribution >= 0.6 is 12.6 Å². The second kappa shape index (κ2) is 9.55. The van der Waals surface area contributed by atoms with Crippen LogP contribution in [0.1, 0.15) is 12.0 Å². The number of fused-ring (bicyclic) bond motifs is 2. The predicted molar refractivity (Wildman–Crippen MR) is 119 cm³/mol. The average Bonchev–Trinajstić information content (AvgIpc) is 3.06. The molecule has 166 valence electrons. The van der Waals surface area contributed by atoms with Crippen molar-refractivity contribution in [2.75, 3.05) is 5.75 Å². The van der Waals surface area contributed by atoms with Crippen molar-refractivity contribution in [1.82, 2.24) is 3.53 Å². The summed E-state index contributed by atoms with van der Waals surface area (Å²) in [5, 5.41) is 0.442. The predicted octanol–water partition coefficient (Wildman–Crippen LogP) is 0.622. The fraction of sp³-hybridized carbons (Fsp3) is 0.130. The first-order chi connectivity index (χ1) is 15.4. The third-order valence-corrected chi connectivity index (χ3v) is 7.48. The number of carbonyl (C=O) groups excluding carboxylic acids is 1. The zero-order valence-electron chi connectivity index (χ0n) is 16.6. The molecule has 1 aromatic rings. The van der Waals surface area contributed by atoms with Crippen molar-refractivity contribution in [1.29, 1.82) is 0 Å². The van der Waals surface area contributed by atoms with E-state index in [-0.39, 0.29) is 11.5 Å². The van der Waals surface area contributed by atoms with Gasteiger partial charge in [0.25, 0.3) is 0 Å². The third-order valence-electron chi connectivity index (χ3n) is 4.88. The van der Waals surface area contributed by atoms with Gasteiger partial charge >= 0.3 is 199 Å². The van der Waals surface area contributed by atoms with E-state index < -0.39 is 50.5 Å². The molecule has 3 aliphatic rings. The molecule has 32 heavy (non-hydrogen) atoms. The SMILES string of the molecule is N[C@H](CS)C(=O)N[I-]c1cc2oc3cc(=O)c(F)cc-3c(C3=CCC=CC=C3)c2cc1F. The number of hydrogen-bond donors (Lipinski definition) is 3. The van der Waals surface area contributed by atoms with E-state index in [0.717, 1.165) is 17.7 Å². The zero-order valence-corrected chi connectivity index (χ0v) is 19.6. The van der Waals surface area contributed by atoms with Crippen molar-refractivity contribution >= 4 is 35.1 Å².